The molecule has 2 aromatic heterocycles. The summed E-state index contributed by atoms with van der Waals surface area (Å²) in [6, 6.07) is 10.5. The fraction of sp³-hybridized carbons (Fsp3) is 0.200. The van der Waals surface area contributed by atoms with Gasteiger partial charge >= 0.3 is 0 Å². The molecule has 0 fully saturated rings. The molecule has 5 heteroatoms. The Balaban J connectivity index is 1.60. The fourth-order valence-corrected chi connectivity index (χ4v) is 3.60. The molecule has 0 radical (unpaired) electrons. The third-order valence-electron chi connectivity index (χ3n) is 3.62. The van der Waals surface area contributed by atoms with Crippen LogP contribution >= 0.6 is 11.9 Å². The van der Waals surface area contributed by atoms with Gasteiger partial charge < -0.3 is 0 Å². The van der Waals surface area contributed by atoms with Gasteiger partial charge in [0.25, 0.3) is 0 Å². The lowest BCUT2D eigenvalue weighted by Gasteiger charge is -2.27. The first-order valence-corrected chi connectivity index (χ1v) is 7.45. The number of fused-ring (bicyclic) bond motifs is 3. The van der Waals surface area contributed by atoms with Gasteiger partial charge in [0.15, 0.2) is 5.65 Å². The Labute approximate surface area is 121 Å². The SMILES string of the molecule is c1ccc(SN2CCc3c(cnc4[nH]ncc34)C2)cc1. The van der Waals surface area contributed by atoms with Crippen molar-refractivity contribution in [3.05, 3.63) is 53.9 Å². The first kappa shape index (κ1) is 11.9. The Morgan fingerprint density at radius 3 is 2.95 bits per heavy atom. The van der Waals surface area contributed by atoms with E-state index in [-0.39, 0.29) is 0 Å². The maximum Gasteiger partial charge on any atom is 0.155 e. The maximum atomic E-state index is 4.44. The smallest absolute Gasteiger partial charge is 0.155 e. The summed E-state index contributed by atoms with van der Waals surface area (Å²) in [5.74, 6) is 0. The van der Waals surface area contributed by atoms with Crippen molar-refractivity contribution in [3.63, 3.8) is 0 Å². The van der Waals surface area contributed by atoms with Crippen molar-refractivity contribution in [1.29, 1.82) is 0 Å². The van der Waals surface area contributed by atoms with Crippen molar-refractivity contribution in [3.8, 4) is 0 Å². The molecule has 1 aliphatic rings. The molecule has 0 amide bonds. The molecule has 100 valence electrons. The molecule has 20 heavy (non-hydrogen) atoms. The number of benzene rings is 1. The molecule has 1 aromatic carbocycles. The van der Waals surface area contributed by atoms with Crippen molar-refractivity contribution < 1.29 is 0 Å². The van der Waals surface area contributed by atoms with Crippen LogP contribution in [0.15, 0.2) is 47.6 Å². The minimum atomic E-state index is 0.896. The van der Waals surface area contributed by atoms with Crippen molar-refractivity contribution in [2.24, 2.45) is 0 Å². The van der Waals surface area contributed by atoms with Crippen LogP contribution in [0.2, 0.25) is 0 Å². The van der Waals surface area contributed by atoms with E-state index in [2.05, 4.69) is 49.8 Å². The Morgan fingerprint density at radius 2 is 2.05 bits per heavy atom. The fourth-order valence-electron chi connectivity index (χ4n) is 2.64. The van der Waals surface area contributed by atoms with E-state index in [1.807, 2.05) is 24.3 Å². The van der Waals surface area contributed by atoms with Gasteiger partial charge in [-0.25, -0.2) is 9.29 Å². The Kier molecular flexibility index (Phi) is 2.94. The zero-order valence-electron chi connectivity index (χ0n) is 10.9. The van der Waals surface area contributed by atoms with E-state index in [0.29, 0.717) is 0 Å². The van der Waals surface area contributed by atoms with Gasteiger partial charge in [0, 0.05) is 29.6 Å². The molecule has 3 aromatic rings. The van der Waals surface area contributed by atoms with E-state index >= 15 is 0 Å². The molecule has 3 heterocycles. The largest absolute Gasteiger partial charge is 0.261 e. The lowest BCUT2D eigenvalue weighted by atomic mass is 10.0. The van der Waals surface area contributed by atoms with Gasteiger partial charge in [-0.05, 0) is 41.6 Å². The summed E-state index contributed by atoms with van der Waals surface area (Å²) in [6.45, 7) is 1.99. The van der Waals surface area contributed by atoms with Crippen LogP contribution < -0.4 is 0 Å². The number of rotatable bonds is 2. The first-order chi connectivity index (χ1) is 9.90. The van der Waals surface area contributed by atoms with E-state index < -0.39 is 0 Å². The van der Waals surface area contributed by atoms with Crippen LogP contribution in [-0.4, -0.2) is 26.0 Å². The van der Waals surface area contributed by atoms with Crippen LogP contribution in [0.3, 0.4) is 0 Å². The number of hydrogen-bond acceptors (Lipinski definition) is 4. The molecule has 0 unspecified atom stereocenters. The average molecular weight is 282 g/mol. The summed E-state index contributed by atoms with van der Waals surface area (Å²) in [5.41, 5.74) is 3.61. The van der Waals surface area contributed by atoms with Crippen LogP contribution in [0.1, 0.15) is 11.1 Å². The second-order valence-electron chi connectivity index (χ2n) is 4.91. The summed E-state index contributed by atoms with van der Waals surface area (Å²) >= 11 is 1.82. The summed E-state index contributed by atoms with van der Waals surface area (Å²) in [6.07, 6.45) is 4.92. The van der Waals surface area contributed by atoms with Crippen molar-refractivity contribution in [1.82, 2.24) is 19.5 Å². The second kappa shape index (κ2) is 4.92. The highest BCUT2D eigenvalue weighted by Gasteiger charge is 2.20. The highest BCUT2D eigenvalue weighted by Crippen LogP contribution is 2.31. The average Bonchev–Trinajstić information content (AvgIpc) is 2.97. The van der Waals surface area contributed by atoms with E-state index in [1.165, 1.54) is 21.4 Å². The van der Waals surface area contributed by atoms with E-state index in [4.69, 9.17) is 0 Å². The summed E-state index contributed by atoms with van der Waals surface area (Å²) in [7, 11) is 0. The standard InChI is InChI=1S/C15H14N4S/c1-2-4-12(5-3-1)20-19-7-6-13-11(10-19)8-16-15-14(13)9-17-18-15/h1-5,8-9H,6-7,10H2,(H,16,17,18). The lowest BCUT2D eigenvalue weighted by molar-refractivity contribution is 0.445. The third kappa shape index (κ3) is 2.09. The molecule has 0 atom stereocenters. The minimum Gasteiger partial charge on any atom is -0.261 e. The van der Waals surface area contributed by atoms with Crippen LogP contribution in [-0.2, 0) is 13.0 Å². The zero-order valence-corrected chi connectivity index (χ0v) is 11.7. The number of hydrogen-bond donors (Lipinski definition) is 1. The molecule has 1 N–H and O–H groups in total. The third-order valence-corrected chi connectivity index (χ3v) is 4.67. The van der Waals surface area contributed by atoms with Gasteiger partial charge in [0.2, 0.25) is 0 Å². The highest BCUT2D eigenvalue weighted by molar-refractivity contribution is 7.97. The van der Waals surface area contributed by atoms with Crippen molar-refractivity contribution in [2.75, 3.05) is 6.54 Å². The van der Waals surface area contributed by atoms with Crippen LogP contribution in [0, 0.1) is 0 Å². The van der Waals surface area contributed by atoms with Gasteiger partial charge in [-0.1, -0.05) is 18.2 Å². The molecular formula is C15H14N4S. The maximum absolute atomic E-state index is 4.44. The molecule has 0 saturated heterocycles. The predicted molar refractivity (Wildman–Crippen MR) is 80.3 cm³/mol. The van der Waals surface area contributed by atoms with Crippen molar-refractivity contribution >= 4 is 23.0 Å². The topological polar surface area (TPSA) is 44.8 Å². The Bertz CT molecular complexity index is 738. The van der Waals surface area contributed by atoms with Crippen LogP contribution in [0.5, 0.6) is 0 Å². The van der Waals surface area contributed by atoms with Gasteiger partial charge in [-0.3, -0.25) is 5.10 Å². The molecular weight excluding hydrogens is 268 g/mol. The molecule has 0 spiro atoms. The molecule has 4 nitrogen and oxygen atoms in total. The van der Waals surface area contributed by atoms with E-state index in [9.17, 15) is 0 Å². The Morgan fingerprint density at radius 1 is 1.15 bits per heavy atom. The molecule has 1 aliphatic heterocycles. The number of aromatic nitrogens is 3. The second-order valence-corrected chi connectivity index (χ2v) is 6.08. The number of pyridine rings is 1. The number of H-pyrrole nitrogens is 1. The van der Waals surface area contributed by atoms with Gasteiger partial charge in [-0.15, -0.1) is 0 Å². The number of aromatic amines is 1. The molecule has 4 rings (SSSR count). The summed E-state index contributed by atoms with van der Waals surface area (Å²) in [5, 5.41) is 8.20. The normalized spacial score (nSPS) is 15.4. The molecule has 0 bridgehead atoms. The molecule has 0 saturated carbocycles. The lowest BCUT2D eigenvalue weighted by Crippen LogP contribution is -2.24. The number of nitrogens with one attached hydrogen (secondary N) is 1. The summed E-state index contributed by atoms with van der Waals surface area (Å²) < 4.78 is 2.39. The quantitative estimate of drug-likeness (QED) is 0.734. The van der Waals surface area contributed by atoms with Gasteiger partial charge in [0.05, 0.1) is 6.20 Å². The van der Waals surface area contributed by atoms with Crippen LogP contribution in [0.4, 0.5) is 0 Å². The van der Waals surface area contributed by atoms with Crippen LogP contribution in [0.25, 0.3) is 11.0 Å². The number of nitrogens with zero attached hydrogens (tertiary/aromatic N) is 3. The van der Waals surface area contributed by atoms with Crippen molar-refractivity contribution in [2.45, 2.75) is 17.9 Å². The molecule has 0 aliphatic carbocycles. The predicted octanol–water partition coefficient (Wildman–Crippen LogP) is 3.02. The zero-order chi connectivity index (χ0) is 13.4. The summed E-state index contributed by atoms with van der Waals surface area (Å²) in [4.78, 5) is 5.73. The highest BCUT2D eigenvalue weighted by atomic mass is 32.2. The Hall–Kier alpha value is -1.85. The first-order valence-electron chi connectivity index (χ1n) is 6.68. The minimum absolute atomic E-state index is 0.896. The van der Waals surface area contributed by atoms with Gasteiger partial charge in [0.1, 0.15) is 0 Å². The van der Waals surface area contributed by atoms with Gasteiger partial charge in [-0.2, -0.15) is 5.10 Å². The monoisotopic (exact) mass is 282 g/mol. The van der Waals surface area contributed by atoms with E-state index in [0.717, 1.165) is 25.2 Å². The van der Waals surface area contributed by atoms with E-state index in [1.54, 1.807) is 0 Å².